The quantitative estimate of drug-likeness (QED) is 0.522. The SMILES string of the molecule is O=C(COc1ccccc1)Nc1ncc(Cc2cccc3ccccc23)s1. The maximum Gasteiger partial charge on any atom is 0.264 e. The highest BCUT2D eigenvalue weighted by atomic mass is 32.1. The molecule has 1 aromatic heterocycles. The van der Waals surface area contributed by atoms with E-state index in [4.69, 9.17) is 4.74 Å². The Morgan fingerprint density at radius 3 is 2.63 bits per heavy atom. The third-order valence-electron chi connectivity index (χ3n) is 4.16. The fourth-order valence-corrected chi connectivity index (χ4v) is 3.75. The maximum atomic E-state index is 12.1. The van der Waals surface area contributed by atoms with Crippen molar-refractivity contribution in [2.75, 3.05) is 11.9 Å². The van der Waals surface area contributed by atoms with Crippen LogP contribution in [-0.4, -0.2) is 17.5 Å². The Morgan fingerprint density at radius 2 is 1.74 bits per heavy atom. The van der Waals surface area contributed by atoms with Crippen LogP contribution >= 0.6 is 11.3 Å². The van der Waals surface area contributed by atoms with E-state index in [9.17, 15) is 4.79 Å². The van der Waals surface area contributed by atoms with Gasteiger partial charge in [-0.05, 0) is 28.5 Å². The van der Waals surface area contributed by atoms with Gasteiger partial charge in [0.05, 0.1) is 0 Å². The molecule has 1 amide bonds. The summed E-state index contributed by atoms with van der Waals surface area (Å²) in [4.78, 5) is 17.5. The van der Waals surface area contributed by atoms with Crippen molar-refractivity contribution in [3.8, 4) is 5.75 Å². The van der Waals surface area contributed by atoms with Gasteiger partial charge >= 0.3 is 0 Å². The van der Waals surface area contributed by atoms with E-state index in [0.29, 0.717) is 10.9 Å². The summed E-state index contributed by atoms with van der Waals surface area (Å²) < 4.78 is 5.46. The Hall–Kier alpha value is -3.18. The van der Waals surface area contributed by atoms with Gasteiger partial charge in [0, 0.05) is 17.5 Å². The molecule has 0 aliphatic heterocycles. The van der Waals surface area contributed by atoms with Crippen molar-refractivity contribution in [3.63, 3.8) is 0 Å². The minimum Gasteiger partial charge on any atom is -0.484 e. The van der Waals surface area contributed by atoms with Gasteiger partial charge in [0.25, 0.3) is 5.91 Å². The molecule has 0 spiro atoms. The van der Waals surface area contributed by atoms with Crippen molar-refractivity contribution in [3.05, 3.63) is 89.4 Å². The number of nitrogens with zero attached hydrogens (tertiary/aromatic N) is 1. The highest BCUT2D eigenvalue weighted by Gasteiger charge is 2.09. The molecule has 1 heterocycles. The van der Waals surface area contributed by atoms with Gasteiger partial charge in [-0.25, -0.2) is 4.98 Å². The van der Waals surface area contributed by atoms with Gasteiger partial charge < -0.3 is 4.74 Å². The number of benzene rings is 3. The van der Waals surface area contributed by atoms with E-state index >= 15 is 0 Å². The van der Waals surface area contributed by atoms with E-state index in [2.05, 4.69) is 46.7 Å². The van der Waals surface area contributed by atoms with Crippen LogP contribution in [0.4, 0.5) is 5.13 Å². The molecular weight excluding hydrogens is 356 g/mol. The summed E-state index contributed by atoms with van der Waals surface area (Å²) in [5.74, 6) is 0.452. The van der Waals surface area contributed by atoms with E-state index < -0.39 is 0 Å². The number of carbonyl (C=O) groups is 1. The Kier molecular flexibility index (Phi) is 5.12. The lowest BCUT2D eigenvalue weighted by molar-refractivity contribution is -0.118. The van der Waals surface area contributed by atoms with Crippen LogP contribution in [-0.2, 0) is 11.2 Å². The molecule has 0 fully saturated rings. The number of ether oxygens (including phenoxy) is 1. The van der Waals surface area contributed by atoms with Crippen LogP contribution in [0.3, 0.4) is 0 Å². The van der Waals surface area contributed by atoms with Crippen LogP contribution in [0.2, 0.25) is 0 Å². The van der Waals surface area contributed by atoms with Crippen LogP contribution in [0.25, 0.3) is 10.8 Å². The van der Waals surface area contributed by atoms with Gasteiger partial charge in [0.2, 0.25) is 0 Å². The summed E-state index contributed by atoms with van der Waals surface area (Å²) in [5, 5.41) is 5.86. The fourth-order valence-electron chi connectivity index (χ4n) is 2.90. The molecule has 27 heavy (non-hydrogen) atoms. The van der Waals surface area contributed by atoms with Crippen LogP contribution in [0.15, 0.2) is 79.0 Å². The first-order valence-electron chi connectivity index (χ1n) is 8.67. The third-order valence-corrected chi connectivity index (χ3v) is 5.07. The third kappa shape index (κ3) is 4.33. The molecule has 1 N–H and O–H groups in total. The number of hydrogen-bond acceptors (Lipinski definition) is 4. The number of hydrogen-bond donors (Lipinski definition) is 1. The lowest BCUT2D eigenvalue weighted by Gasteiger charge is -2.05. The molecule has 0 bridgehead atoms. The van der Waals surface area contributed by atoms with Crippen LogP contribution in [0, 0.1) is 0 Å². The Bertz CT molecular complexity index is 1050. The van der Waals surface area contributed by atoms with Crippen molar-refractivity contribution in [1.82, 2.24) is 4.98 Å². The molecule has 0 saturated heterocycles. The second-order valence-corrected chi connectivity index (χ2v) is 7.21. The van der Waals surface area contributed by atoms with Gasteiger partial charge in [-0.1, -0.05) is 60.7 Å². The average molecular weight is 374 g/mol. The average Bonchev–Trinajstić information content (AvgIpc) is 3.14. The number of aromatic nitrogens is 1. The summed E-state index contributed by atoms with van der Waals surface area (Å²) in [7, 11) is 0. The van der Waals surface area contributed by atoms with Crippen molar-refractivity contribution < 1.29 is 9.53 Å². The first-order valence-corrected chi connectivity index (χ1v) is 9.48. The van der Waals surface area contributed by atoms with E-state index in [1.54, 1.807) is 0 Å². The van der Waals surface area contributed by atoms with Crippen molar-refractivity contribution >= 4 is 33.1 Å². The molecule has 4 aromatic rings. The fraction of sp³-hybridized carbons (Fsp3) is 0.0909. The Morgan fingerprint density at radius 1 is 0.963 bits per heavy atom. The minimum absolute atomic E-state index is 0.0394. The molecule has 0 radical (unpaired) electrons. The van der Waals surface area contributed by atoms with Crippen LogP contribution < -0.4 is 10.1 Å². The number of amides is 1. The monoisotopic (exact) mass is 374 g/mol. The summed E-state index contributed by atoms with van der Waals surface area (Å²) >= 11 is 1.49. The van der Waals surface area contributed by atoms with Crippen molar-refractivity contribution in [2.45, 2.75) is 6.42 Å². The molecule has 0 aliphatic rings. The van der Waals surface area contributed by atoms with Crippen molar-refractivity contribution in [2.24, 2.45) is 0 Å². The van der Waals surface area contributed by atoms with E-state index in [0.717, 1.165) is 11.3 Å². The number of anilines is 1. The van der Waals surface area contributed by atoms with Gasteiger partial charge in [0.15, 0.2) is 11.7 Å². The normalized spacial score (nSPS) is 10.7. The molecule has 4 nitrogen and oxygen atoms in total. The smallest absolute Gasteiger partial charge is 0.264 e. The molecule has 4 rings (SSSR count). The maximum absolute atomic E-state index is 12.1. The summed E-state index contributed by atoms with van der Waals surface area (Å²) in [6.07, 6.45) is 2.61. The predicted octanol–water partition coefficient (Wildman–Crippen LogP) is 4.90. The molecule has 0 aliphatic carbocycles. The lowest BCUT2D eigenvalue weighted by Crippen LogP contribution is -2.19. The zero-order chi connectivity index (χ0) is 18.5. The highest BCUT2D eigenvalue weighted by molar-refractivity contribution is 7.15. The number of fused-ring (bicyclic) bond motifs is 1. The first-order chi connectivity index (χ1) is 13.3. The second kappa shape index (κ2) is 8.01. The Labute approximate surface area is 161 Å². The zero-order valence-corrected chi connectivity index (χ0v) is 15.4. The first kappa shape index (κ1) is 17.2. The number of para-hydroxylation sites is 1. The van der Waals surface area contributed by atoms with Crippen LogP contribution in [0.5, 0.6) is 5.75 Å². The van der Waals surface area contributed by atoms with E-state index in [-0.39, 0.29) is 12.5 Å². The summed E-state index contributed by atoms with van der Waals surface area (Å²) in [6, 6.07) is 23.9. The largest absolute Gasteiger partial charge is 0.484 e. The highest BCUT2D eigenvalue weighted by Crippen LogP contribution is 2.25. The number of nitrogens with one attached hydrogen (secondary N) is 1. The molecular formula is C22H18N2O2S. The lowest BCUT2D eigenvalue weighted by atomic mass is 10.0. The zero-order valence-electron chi connectivity index (χ0n) is 14.6. The number of thiazole rings is 1. The summed E-state index contributed by atoms with van der Waals surface area (Å²) in [6.45, 7) is -0.0394. The predicted molar refractivity (Wildman–Crippen MR) is 109 cm³/mol. The van der Waals surface area contributed by atoms with Gasteiger partial charge in [-0.2, -0.15) is 0 Å². The number of carbonyl (C=O) groups excluding carboxylic acids is 1. The molecule has 3 aromatic carbocycles. The number of rotatable bonds is 6. The van der Waals surface area contributed by atoms with Gasteiger partial charge in [-0.15, -0.1) is 11.3 Å². The molecule has 5 heteroatoms. The molecule has 134 valence electrons. The Balaban J connectivity index is 1.39. The second-order valence-electron chi connectivity index (χ2n) is 6.10. The van der Waals surface area contributed by atoms with Crippen LogP contribution in [0.1, 0.15) is 10.4 Å². The standard InChI is InChI=1S/C22H18N2O2S/c25-21(15-26-18-10-2-1-3-11-18)24-22-23-14-19(27-22)13-17-9-6-8-16-7-4-5-12-20(16)17/h1-12,14H,13,15H2,(H,23,24,25). The van der Waals surface area contributed by atoms with Gasteiger partial charge in [0.1, 0.15) is 5.75 Å². The topological polar surface area (TPSA) is 51.2 Å². The molecule has 0 saturated carbocycles. The minimum atomic E-state index is -0.218. The molecule has 0 unspecified atom stereocenters. The van der Waals surface area contributed by atoms with E-state index in [1.807, 2.05) is 42.6 Å². The van der Waals surface area contributed by atoms with Gasteiger partial charge in [-0.3, -0.25) is 10.1 Å². The van der Waals surface area contributed by atoms with E-state index in [1.165, 1.54) is 27.7 Å². The molecule has 0 atom stereocenters. The van der Waals surface area contributed by atoms with Crippen molar-refractivity contribution in [1.29, 1.82) is 0 Å². The summed E-state index contributed by atoms with van der Waals surface area (Å²) in [5.41, 5.74) is 1.25.